The van der Waals surface area contributed by atoms with Crippen LogP contribution < -0.4 is 10.2 Å². The molecule has 2 aromatic rings. The van der Waals surface area contributed by atoms with Crippen LogP contribution in [0.15, 0.2) is 58.5 Å². The maximum absolute atomic E-state index is 13.4. The van der Waals surface area contributed by atoms with E-state index in [1.54, 1.807) is 18.2 Å². The molecule has 0 heterocycles. The quantitative estimate of drug-likeness (QED) is 0.469. The van der Waals surface area contributed by atoms with E-state index in [0.717, 1.165) is 11.8 Å². The van der Waals surface area contributed by atoms with Crippen LogP contribution in [0.25, 0.3) is 0 Å². The summed E-state index contributed by atoms with van der Waals surface area (Å²) in [5.74, 6) is -0.728. The number of nitrogens with one attached hydrogen (secondary N) is 1. The number of hydrogen-bond acceptors (Lipinski definition) is 4. The Bertz CT molecular complexity index is 709. The summed E-state index contributed by atoms with van der Waals surface area (Å²) in [7, 11) is 0. The Kier molecular flexibility index (Phi) is 6.68. The second kappa shape index (κ2) is 8.97. The third-order valence-corrected chi connectivity index (χ3v) is 3.75. The van der Waals surface area contributed by atoms with Crippen LogP contribution in [0.4, 0.5) is 13.2 Å². The zero-order valence-corrected chi connectivity index (χ0v) is 13.1. The van der Waals surface area contributed by atoms with Crippen molar-refractivity contribution in [2.24, 2.45) is 5.10 Å². The summed E-state index contributed by atoms with van der Waals surface area (Å²) in [6, 6.07) is 11.9. The van der Waals surface area contributed by atoms with Crippen molar-refractivity contribution in [2.75, 3.05) is 5.75 Å². The number of nitrogens with zero attached hydrogens (tertiary/aromatic N) is 1. The van der Waals surface area contributed by atoms with E-state index in [-0.39, 0.29) is 17.3 Å². The maximum Gasteiger partial charge on any atom is 0.387 e. The minimum absolute atomic E-state index is 0.0133. The van der Waals surface area contributed by atoms with Crippen molar-refractivity contribution in [3.05, 3.63) is 59.9 Å². The first-order valence-electron chi connectivity index (χ1n) is 6.78. The van der Waals surface area contributed by atoms with Crippen LogP contribution >= 0.6 is 11.8 Å². The van der Waals surface area contributed by atoms with Gasteiger partial charge in [0, 0.05) is 4.90 Å². The molecule has 1 amide bonds. The van der Waals surface area contributed by atoms with Gasteiger partial charge in [0.1, 0.15) is 11.6 Å². The van der Waals surface area contributed by atoms with Gasteiger partial charge in [-0.1, -0.05) is 12.1 Å². The van der Waals surface area contributed by atoms with Crippen LogP contribution in [0.3, 0.4) is 0 Å². The first-order chi connectivity index (χ1) is 11.5. The highest BCUT2D eigenvalue weighted by Crippen LogP contribution is 2.20. The molecule has 2 aromatic carbocycles. The lowest BCUT2D eigenvalue weighted by Gasteiger charge is -2.04. The van der Waals surface area contributed by atoms with Crippen LogP contribution in [-0.4, -0.2) is 24.5 Å². The molecule has 0 aliphatic heterocycles. The second-order valence-corrected chi connectivity index (χ2v) is 5.48. The van der Waals surface area contributed by atoms with E-state index in [1.807, 2.05) is 0 Å². The van der Waals surface area contributed by atoms with Crippen molar-refractivity contribution in [2.45, 2.75) is 11.5 Å². The minimum Gasteiger partial charge on any atom is -0.435 e. The standard InChI is InChI=1S/C16H13F3N2O2S/c17-13-3-1-2-4-14(13)24-10-15(22)21-20-9-11-5-7-12(8-6-11)23-16(18)19/h1-9,16H,10H2,(H,21,22)/b20-9-. The number of hydrogen-bond donors (Lipinski definition) is 1. The fraction of sp³-hybridized carbons (Fsp3) is 0.125. The molecule has 2 rings (SSSR count). The van der Waals surface area contributed by atoms with Gasteiger partial charge in [0.2, 0.25) is 5.91 Å². The van der Waals surface area contributed by atoms with Crippen LogP contribution in [0, 0.1) is 5.82 Å². The number of carbonyl (C=O) groups is 1. The van der Waals surface area contributed by atoms with Crippen molar-refractivity contribution in [1.29, 1.82) is 0 Å². The largest absolute Gasteiger partial charge is 0.435 e. The molecule has 8 heteroatoms. The molecule has 1 N–H and O–H groups in total. The van der Waals surface area contributed by atoms with Gasteiger partial charge in [-0.2, -0.15) is 13.9 Å². The van der Waals surface area contributed by atoms with Gasteiger partial charge in [-0.3, -0.25) is 4.79 Å². The lowest BCUT2D eigenvalue weighted by atomic mass is 10.2. The van der Waals surface area contributed by atoms with Gasteiger partial charge >= 0.3 is 6.61 Å². The molecule has 0 spiro atoms. The number of amides is 1. The van der Waals surface area contributed by atoms with Gasteiger partial charge in [0.25, 0.3) is 0 Å². The second-order valence-electron chi connectivity index (χ2n) is 4.46. The summed E-state index contributed by atoms with van der Waals surface area (Å²) in [5, 5.41) is 3.75. The van der Waals surface area contributed by atoms with Crippen LogP contribution in [0.1, 0.15) is 5.56 Å². The number of benzene rings is 2. The summed E-state index contributed by atoms with van der Waals surface area (Å²) >= 11 is 1.06. The van der Waals surface area contributed by atoms with Gasteiger partial charge < -0.3 is 4.74 Å². The van der Waals surface area contributed by atoms with Crippen LogP contribution in [0.5, 0.6) is 5.75 Å². The Hall–Kier alpha value is -2.48. The van der Waals surface area contributed by atoms with Gasteiger partial charge in [-0.15, -0.1) is 11.8 Å². The number of halogens is 3. The summed E-state index contributed by atoms with van der Waals surface area (Å²) in [6.45, 7) is -2.88. The number of alkyl halides is 2. The van der Waals surface area contributed by atoms with E-state index >= 15 is 0 Å². The fourth-order valence-electron chi connectivity index (χ4n) is 1.65. The van der Waals surface area contributed by atoms with E-state index < -0.39 is 12.5 Å². The Morgan fingerprint density at radius 1 is 1.21 bits per heavy atom. The smallest absolute Gasteiger partial charge is 0.387 e. The average molecular weight is 354 g/mol. The van der Waals surface area contributed by atoms with E-state index in [4.69, 9.17) is 0 Å². The van der Waals surface area contributed by atoms with Gasteiger partial charge in [-0.05, 0) is 42.0 Å². The van der Waals surface area contributed by atoms with E-state index in [2.05, 4.69) is 15.3 Å². The molecular weight excluding hydrogens is 341 g/mol. The molecule has 24 heavy (non-hydrogen) atoms. The molecule has 4 nitrogen and oxygen atoms in total. The van der Waals surface area contributed by atoms with Crippen molar-refractivity contribution >= 4 is 23.9 Å². The summed E-state index contributed by atoms with van der Waals surface area (Å²) < 4.78 is 41.6. The Labute approximate surface area is 140 Å². The Balaban J connectivity index is 1.78. The topological polar surface area (TPSA) is 50.7 Å². The highest BCUT2D eigenvalue weighted by Gasteiger charge is 2.05. The maximum atomic E-state index is 13.4. The normalized spacial score (nSPS) is 11.0. The molecule has 0 fully saturated rings. The Morgan fingerprint density at radius 2 is 1.92 bits per heavy atom. The summed E-state index contributed by atoms with van der Waals surface area (Å²) in [5.41, 5.74) is 2.90. The zero-order valence-electron chi connectivity index (χ0n) is 12.3. The highest BCUT2D eigenvalue weighted by molar-refractivity contribution is 8.00. The molecule has 0 bridgehead atoms. The third-order valence-electron chi connectivity index (χ3n) is 2.70. The van der Waals surface area contributed by atoms with Gasteiger partial charge in [0.05, 0.1) is 12.0 Å². The number of ether oxygens (including phenoxy) is 1. The molecule has 0 atom stereocenters. The molecule has 0 unspecified atom stereocenters. The molecule has 0 radical (unpaired) electrons. The fourth-order valence-corrected chi connectivity index (χ4v) is 2.38. The van der Waals surface area contributed by atoms with E-state index in [1.165, 1.54) is 36.5 Å². The lowest BCUT2D eigenvalue weighted by Crippen LogP contribution is -2.19. The average Bonchev–Trinajstić information content (AvgIpc) is 2.55. The molecule has 0 saturated heterocycles. The molecular formula is C16H13F3N2O2S. The van der Waals surface area contributed by atoms with E-state index in [9.17, 15) is 18.0 Å². The SMILES string of the molecule is O=C(CSc1ccccc1F)N/N=C\c1ccc(OC(F)F)cc1. The van der Waals surface area contributed by atoms with Crippen molar-refractivity contribution in [3.63, 3.8) is 0 Å². The first kappa shape index (κ1) is 17.9. The van der Waals surface area contributed by atoms with Crippen molar-refractivity contribution < 1.29 is 22.7 Å². The third kappa shape index (κ3) is 5.96. The van der Waals surface area contributed by atoms with Crippen LogP contribution in [-0.2, 0) is 4.79 Å². The van der Waals surface area contributed by atoms with Crippen molar-refractivity contribution in [1.82, 2.24) is 5.43 Å². The lowest BCUT2D eigenvalue weighted by molar-refractivity contribution is -0.118. The van der Waals surface area contributed by atoms with Crippen molar-refractivity contribution in [3.8, 4) is 5.75 Å². The number of carbonyl (C=O) groups excluding carboxylic acids is 1. The molecule has 0 aliphatic rings. The number of thioether (sulfide) groups is 1. The molecule has 0 saturated carbocycles. The number of rotatable bonds is 7. The predicted octanol–water partition coefficient (Wildman–Crippen LogP) is 3.67. The zero-order chi connectivity index (χ0) is 17.4. The first-order valence-corrected chi connectivity index (χ1v) is 7.77. The predicted molar refractivity (Wildman–Crippen MR) is 85.9 cm³/mol. The molecule has 0 aromatic heterocycles. The highest BCUT2D eigenvalue weighted by atomic mass is 32.2. The monoisotopic (exact) mass is 354 g/mol. The minimum atomic E-state index is -2.88. The van der Waals surface area contributed by atoms with Gasteiger partial charge in [-0.25, -0.2) is 9.82 Å². The molecule has 0 aliphatic carbocycles. The van der Waals surface area contributed by atoms with Gasteiger partial charge in [0.15, 0.2) is 0 Å². The van der Waals surface area contributed by atoms with Crippen LogP contribution in [0.2, 0.25) is 0 Å². The molecule has 126 valence electrons. The van der Waals surface area contributed by atoms with E-state index in [0.29, 0.717) is 10.5 Å². The summed E-state index contributed by atoms with van der Waals surface area (Å²) in [4.78, 5) is 12.0. The summed E-state index contributed by atoms with van der Waals surface area (Å²) in [6.07, 6.45) is 1.36. The number of hydrazone groups is 1. The Morgan fingerprint density at radius 3 is 2.58 bits per heavy atom.